The van der Waals surface area contributed by atoms with Crippen LogP contribution in [-0.2, 0) is 19.9 Å². The summed E-state index contributed by atoms with van der Waals surface area (Å²) in [7, 11) is 1.54. The Hall–Kier alpha value is -3.45. The third kappa shape index (κ3) is 3.68. The van der Waals surface area contributed by atoms with Crippen LogP contribution in [0.1, 0.15) is 77.9 Å². The van der Waals surface area contributed by atoms with Gasteiger partial charge in [0.05, 0.1) is 30.5 Å². The monoisotopic (exact) mass is 624 g/mol. The number of carbonyl (C=O) groups is 2. The van der Waals surface area contributed by atoms with Crippen LogP contribution in [0, 0.1) is 13.8 Å². The van der Waals surface area contributed by atoms with Crippen LogP contribution in [0.4, 0.5) is 0 Å². The molecule has 5 heterocycles. The van der Waals surface area contributed by atoms with E-state index in [2.05, 4.69) is 24.5 Å². The number of methoxy groups -OCH3 is 1. The van der Waals surface area contributed by atoms with Crippen molar-refractivity contribution in [1.29, 1.82) is 0 Å². The second kappa shape index (κ2) is 10.0. The molecule has 44 heavy (non-hydrogen) atoms. The molecule has 234 valence electrons. The number of fused-ring (bicyclic) bond motifs is 8. The molecule has 2 aromatic carbocycles. The molecule has 0 saturated carbocycles. The molecule has 5 aliphatic rings. The third-order valence-corrected chi connectivity index (χ3v) is 11.0. The van der Waals surface area contributed by atoms with Crippen LogP contribution < -0.4 is 18.9 Å². The number of hydrogen-bond donors (Lipinski definition) is 2. The van der Waals surface area contributed by atoms with Crippen LogP contribution >= 0.6 is 11.8 Å². The van der Waals surface area contributed by atoms with E-state index in [9.17, 15) is 19.8 Å². The highest BCUT2D eigenvalue weighted by atomic mass is 32.2. The number of phenols is 1. The number of aliphatic hydroxyl groups is 1. The summed E-state index contributed by atoms with van der Waals surface area (Å²) in [5, 5.41) is 25.3. The zero-order chi connectivity index (χ0) is 31.4. The molecule has 2 aromatic rings. The molecular formula is C32H36N2O9S. The minimum atomic E-state index is -0.957. The van der Waals surface area contributed by atoms with Crippen molar-refractivity contribution in [1.82, 2.24) is 9.80 Å². The van der Waals surface area contributed by atoms with E-state index in [1.54, 1.807) is 12.5 Å². The smallest absolute Gasteiger partial charge is 0.308 e. The number of hydrogen-bond acceptors (Lipinski definition) is 12. The van der Waals surface area contributed by atoms with Gasteiger partial charge in [0.25, 0.3) is 0 Å². The number of phenolic OH excluding ortho intramolecular Hbond substituents is 1. The van der Waals surface area contributed by atoms with Crippen LogP contribution in [0.15, 0.2) is 18.1 Å². The average molecular weight is 625 g/mol. The number of thioether (sulfide) groups is 1. The molecule has 2 saturated heterocycles. The lowest BCUT2D eigenvalue weighted by atomic mass is 9.72. The van der Waals surface area contributed by atoms with Crippen LogP contribution in [0.2, 0.25) is 0 Å². The Morgan fingerprint density at radius 1 is 1.16 bits per heavy atom. The van der Waals surface area contributed by atoms with Gasteiger partial charge in [-0.05, 0) is 49.8 Å². The van der Waals surface area contributed by atoms with E-state index in [0.29, 0.717) is 46.1 Å². The van der Waals surface area contributed by atoms with E-state index >= 15 is 0 Å². The summed E-state index contributed by atoms with van der Waals surface area (Å²) in [5.74, 6) is 0.768. The van der Waals surface area contributed by atoms with E-state index < -0.39 is 47.1 Å². The van der Waals surface area contributed by atoms with E-state index in [-0.39, 0.29) is 25.2 Å². The summed E-state index contributed by atoms with van der Waals surface area (Å²) in [6, 6.07) is 0.236. The lowest BCUT2D eigenvalue weighted by Gasteiger charge is -2.66. The molecule has 0 amide bonds. The van der Waals surface area contributed by atoms with Crippen LogP contribution in [0.3, 0.4) is 0 Å². The number of esters is 2. The number of nitrogens with zero attached hydrogens (tertiary/aromatic N) is 2. The Bertz CT molecular complexity index is 1630. The van der Waals surface area contributed by atoms with Crippen molar-refractivity contribution < 1.29 is 43.5 Å². The zero-order valence-electron chi connectivity index (χ0n) is 25.5. The van der Waals surface area contributed by atoms with Gasteiger partial charge in [-0.25, -0.2) is 0 Å². The topological polar surface area (TPSA) is 127 Å². The van der Waals surface area contributed by atoms with E-state index in [1.807, 2.05) is 18.7 Å². The fourth-order valence-corrected chi connectivity index (χ4v) is 9.56. The second-order valence-electron chi connectivity index (χ2n) is 12.3. The van der Waals surface area contributed by atoms with Gasteiger partial charge in [0.15, 0.2) is 23.0 Å². The predicted octanol–water partition coefficient (Wildman–Crippen LogP) is 4.25. The minimum Gasteiger partial charge on any atom is -0.504 e. The molecule has 7 atom stereocenters. The van der Waals surface area contributed by atoms with Crippen molar-refractivity contribution in [2.24, 2.45) is 0 Å². The standard InChI is InChI=1S/C32H36N2O9S/c1-8-44-30-22-21(29-28(41-12-42-29)14(3)27(22)43-16(5)36)19(11-40-15(4)35)33-24(30)23-20-17(9-13(2)26(39-7)25(20)37)32(6)10-18(31(33)38)34(23)32/h8-9,18-19,23-24,30-31,37-38H,1,10-12H2,2-7H3/t18?,19-,23?,24?,30+,31-,32?/m0/s1. The quantitative estimate of drug-likeness (QED) is 0.352. The van der Waals surface area contributed by atoms with Crippen LogP contribution in [0.25, 0.3) is 0 Å². The van der Waals surface area contributed by atoms with Gasteiger partial charge in [-0.3, -0.25) is 19.4 Å². The van der Waals surface area contributed by atoms with Gasteiger partial charge < -0.3 is 33.9 Å². The highest BCUT2D eigenvalue weighted by Crippen LogP contribution is 2.70. The summed E-state index contributed by atoms with van der Waals surface area (Å²) in [6.45, 7) is 12.5. The van der Waals surface area contributed by atoms with Crippen molar-refractivity contribution >= 4 is 23.7 Å². The van der Waals surface area contributed by atoms with E-state index in [1.165, 1.54) is 25.6 Å². The van der Waals surface area contributed by atoms with Gasteiger partial charge in [0.2, 0.25) is 6.79 Å². The molecule has 0 aromatic heterocycles. The Morgan fingerprint density at radius 2 is 1.89 bits per heavy atom. The largest absolute Gasteiger partial charge is 0.504 e. The Morgan fingerprint density at radius 3 is 2.55 bits per heavy atom. The molecule has 0 radical (unpaired) electrons. The van der Waals surface area contributed by atoms with Gasteiger partial charge in [-0.2, -0.15) is 0 Å². The van der Waals surface area contributed by atoms with Gasteiger partial charge >= 0.3 is 11.9 Å². The summed E-state index contributed by atoms with van der Waals surface area (Å²) in [6.07, 6.45) is -0.301. The molecule has 7 rings (SSSR count). The van der Waals surface area contributed by atoms with Crippen LogP contribution in [-0.4, -0.2) is 70.8 Å². The normalized spacial score (nSPS) is 30.8. The number of carbonyl (C=O) groups excluding carboxylic acids is 2. The van der Waals surface area contributed by atoms with Crippen molar-refractivity contribution in [3.05, 3.63) is 51.4 Å². The van der Waals surface area contributed by atoms with Crippen molar-refractivity contribution in [2.45, 2.75) is 82.2 Å². The summed E-state index contributed by atoms with van der Waals surface area (Å²) in [5.41, 5.74) is 4.07. The first kappa shape index (κ1) is 29.3. The Labute approximate surface area is 259 Å². The molecule has 2 N–H and O–H groups in total. The SMILES string of the molecule is C=CS[C@@H]1c2c(OC(C)=O)c(C)c3c(c2[C@H](COC(C)=O)N2C1C1c4c(cc(C)c(OC)c4O)C4(C)CC([C@@H]2O)N14)OCO3. The molecule has 4 unspecified atom stereocenters. The maximum atomic E-state index is 12.5. The first-order valence-corrected chi connectivity index (χ1v) is 15.6. The maximum Gasteiger partial charge on any atom is 0.308 e. The van der Waals surface area contributed by atoms with Crippen LogP contribution in [0.5, 0.6) is 28.7 Å². The fourth-order valence-electron chi connectivity index (χ4n) is 8.53. The first-order chi connectivity index (χ1) is 21.0. The highest BCUT2D eigenvalue weighted by Gasteiger charge is 2.70. The van der Waals surface area contributed by atoms with Crippen molar-refractivity contribution in [2.75, 3.05) is 20.5 Å². The number of aliphatic hydroxyl groups excluding tert-OH is 1. The summed E-state index contributed by atoms with van der Waals surface area (Å²) in [4.78, 5) is 29.0. The number of rotatable bonds is 6. The first-order valence-electron chi connectivity index (χ1n) is 14.6. The Balaban J connectivity index is 1.54. The molecule has 5 aliphatic heterocycles. The third-order valence-electron chi connectivity index (χ3n) is 10.0. The molecule has 0 bridgehead atoms. The molecular weight excluding hydrogens is 588 g/mol. The van der Waals surface area contributed by atoms with E-state index in [0.717, 1.165) is 16.7 Å². The molecule has 0 aliphatic carbocycles. The number of piperazine rings is 1. The minimum absolute atomic E-state index is 0.0323. The number of aryl methyl sites for hydroxylation is 1. The molecule has 11 nitrogen and oxygen atoms in total. The number of aromatic hydroxyl groups is 1. The molecule has 2 fully saturated rings. The predicted molar refractivity (Wildman–Crippen MR) is 160 cm³/mol. The summed E-state index contributed by atoms with van der Waals surface area (Å²) >= 11 is 1.44. The molecule has 0 spiro atoms. The Kier molecular flexibility index (Phi) is 6.67. The maximum absolute atomic E-state index is 12.5. The van der Waals surface area contributed by atoms with Gasteiger partial charge in [-0.1, -0.05) is 6.58 Å². The fraction of sp³-hybridized carbons (Fsp3) is 0.500. The molecule has 12 heteroatoms. The van der Waals surface area contributed by atoms with Crippen molar-refractivity contribution in [3.63, 3.8) is 0 Å². The lowest BCUT2D eigenvalue weighted by Crippen LogP contribution is -2.75. The second-order valence-corrected chi connectivity index (χ2v) is 13.4. The number of ether oxygens (including phenoxy) is 5. The summed E-state index contributed by atoms with van der Waals surface area (Å²) < 4.78 is 29.2. The lowest BCUT2D eigenvalue weighted by molar-refractivity contribution is -0.248. The number of benzene rings is 2. The van der Waals surface area contributed by atoms with Gasteiger partial charge in [-0.15, -0.1) is 11.8 Å². The van der Waals surface area contributed by atoms with Gasteiger partial charge in [0, 0.05) is 47.7 Å². The average Bonchev–Trinajstić information content (AvgIpc) is 3.52. The zero-order valence-corrected chi connectivity index (χ0v) is 26.3. The van der Waals surface area contributed by atoms with Crippen molar-refractivity contribution in [3.8, 4) is 28.7 Å². The van der Waals surface area contributed by atoms with E-state index in [4.69, 9.17) is 23.7 Å². The highest BCUT2D eigenvalue weighted by molar-refractivity contribution is 8.02. The van der Waals surface area contributed by atoms with Gasteiger partial charge in [0.1, 0.15) is 18.6 Å².